The molecule has 0 bridgehead atoms. The van der Waals surface area contributed by atoms with Crippen LogP contribution in [0.3, 0.4) is 0 Å². The van der Waals surface area contributed by atoms with Gasteiger partial charge in [-0.15, -0.1) is 0 Å². The van der Waals surface area contributed by atoms with Crippen LogP contribution >= 0.6 is 0 Å². The lowest BCUT2D eigenvalue weighted by molar-refractivity contribution is 0.214. The molecule has 0 amide bonds. The van der Waals surface area contributed by atoms with E-state index < -0.39 is 0 Å². The van der Waals surface area contributed by atoms with Gasteiger partial charge in [-0.1, -0.05) is 35.5 Å². The van der Waals surface area contributed by atoms with Crippen molar-refractivity contribution in [2.24, 2.45) is 5.16 Å². The van der Waals surface area contributed by atoms with Gasteiger partial charge in [-0.3, -0.25) is 5.32 Å². The van der Waals surface area contributed by atoms with E-state index in [0.717, 1.165) is 0 Å². The summed E-state index contributed by atoms with van der Waals surface area (Å²) in [5.41, 5.74) is 1.30. The van der Waals surface area contributed by atoms with Gasteiger partial charge in [0.05, 0.1) is 18.3 Å². The molecular formula is C10H12N2O. The molecule has 13 heavy (non-hydrogen) atoms. The van der Waals surface area contributed by atoms with E-state index in [-0.39, 0.29) is 0 Å². The molecule has 68 valence electrons. The van der Waals surface area contributed by atoms with Gasteiger partial charge in [-0.2, -0.15) is 0 Å². The molecule has 2 rings (SSSR count). The first-order valence-electron chi connectivity index (χ1n) is 4.29. The zero-order valence-corrected chi connectivity index (χ0v) is 7.47. The lowest BCUT2D eigenvalue weighted by atomic mass is 10.1. The second kappa shape index (κ2) is 3.58. The van der Waals surface area contributed by atoms with Gasteiger partial charge in [0.1, 0.15) is 7.11 Å². The maximum absolute atomic E-state index is 4.61. The van der Waals surface area contributed by atoms with Gasteiger partial charge in [0.25, 0.3) is 0 Å². The molecule has 0 saturated carbocycles. The zero-order chi connectivity index (χ0) is 9.10. The summed E-state index contributed by atoms with van der Waals surface area (Å²) in [7, 11) is 1.55. The molecule has 1 aliphatic rings. The highest BCUT2D eigenvalue weighted by atomic mass is 16.6. The number of hydrogen-bond acceptors (Lipinski definition) is 3. The van der Waals surface area contributed by atoms with Crippen LogP contribution in [-0.2, 0) is 4.84 Å². The van der Waals surface area contributed by atoms with E-state index in [2.05, 4.69) is 27.4 Å². The lowest BCUT2D eigenvalue weighted by Gasteiger charge is -1.93. The largest absolute Gasteiger partial charge is 0.399 e. The summed E-state index contributed by atoms with van der Waals surface area (Å²) in [5.74, 6) is 0. The van der Waals surface area contributed by atoms with Crippen molar-refractivity contribution in [1.82, 2.24) is 5.32 Å². The average molecular weight is 176 g/mol. The van der Waals surface area contributed by atoms with E-state index in [0.29, 0.717) is 12.1 Å². The molecule has 1 N–H and O–H groups in total. The fraction of sp³-hybridized carbons (Fsp3) is 0.300. The third-order valence-electron chi connectivity index (χ3n) is 2.11. The Morgan fingerprint density at radius 3 is 2.85 bits per heavy atom. The SMILES string of the molecule is CO/N=C/[C@H]1N[C@@H]1c1ccccc1. The molecule has 3 heteroatoms. The van der Waals surface area contributed by atoms with Crippen molar-refractivity contribution in [2.45, 2.75) is 12.1 Å². The van der Waals surface area contributed by atoms with E-state index in [1.54, 1.807) is 13.3 Å². The second-order valence-corrected chi connectivity index (χ2v) is 3.02. The fourth-order valence-electron chi connectivity index (χ4n) is 1.37. The normalized spacial score (nSPS) is 26.2. The molecule has 1 fully saturated rings. The van der Waals surface area contributed by atoms with Gasteiger partial charge in [0, 0.05) is 0 Å². The molecule has 0 spiro atoms. The lowest BCUT2D eigenvalue weighted by Crippen LogP contribution is -1.91. The molecular weight excluding hydrogens is 164 g/mol. The predicted molar refractivity (Wildman–Crippen MR) is 51.6 cm³/mol. The second-order valence-electron chi connectivity index (χ2n) is 3.02. The number of rotatable bonds is 3. The van der Waals surface area contributed by atoms with Crippen LogP contribution in [0.25, 0.3) is 0 Å². The van der Waals surface area contributed by atoms with Crippen LogP contribution in [0, 0.1) is 0 Å². The van der Waals surface area contributed by atoms with E-state index in [1.807, 2.05) is 18.2 Å². The Morgan fingerprint density at radius 1 is 1.38 bits per heavy atom. The summed E-state index contributed by atoms with van der Waals surface area (Å²) in [4.78, 5) is 4.61. The van der Waals surface area contributed by atoms with Crippen LogP contribution in [-0.4, -0.2) is 19.4 Å². The first kappa shape index (κ1) is 8.26. The first-order chi connectivity index (χ1) is 6.42. The Balaban J connectivity index is 1.97. The maximum Gasteiger partial charge on any atom is 0.106 e. The Hall–Kier alpha value is -1.35. The summed E-state index contributed by atoms with van der Waals surface area (Å²) in [6, 6.07) is 11.1. The van der Waals surface area contributed by atoms with Crippen LogP contribution in [0.5, 0.6) is 0 Å². The van der Waals surface area contributed by atoms with Gasteiger partial charge in [-0.05, 0) is 5.56 Å². The highest BCUT2D eigenvalue weighted by Crippen LogP contribution is 2.27. The van der Waals surface area contributed by atoms with E-state index in [1.165, 1.54) is 5.56 Å². The number of nitrogens with zero attached hydrogens (tertiary/aromatic N) is 1. The smallest absolute Gasteiger partial charge is 0.106 e. The number of hydrogen-bond donors (Lipinski definition) is 1. The molecule has 1 aliphatic heterocycles. The Labute approximate surface area is 77.4 Å². The van der Waals surface area contributed by atoms with Crippen LogP contribution in [0.1, 0.15) is 11.6 Å². The quantitative estimate of drug-likeness (QED) is 0.429. The molecule has 0 unspecified atom stereocenters. The zero-order valence-electron chi connectivity index (χ0n) is 7.47. The van der Waals surface area contributed by atoms with Crippen LogP contribution in [0.15, 0.2) is 35.5 Å². The van der Waals surface area contributed by atoms with Crippen LogP contribution in [0.4, 0.5) is 0 Å². The summed E-state index contributed by atoms with van der Waals surface area (Å²) >= 11 is 0. The number of nitrogens with one attached hydrogen (secondary N) is 1. The van der Waals surface area contributed by atoms with E-state index in [4.69, 9.17) is 0 Å². The van der Waals surface area contributed by atoms with Crippen molar-refractivity contribution >= 4 is 6.21 Å². The van der Waals surface area contributed by atoms with E-state index >= 15 is 0 Å². The first-order valence-corrected chi connectivity index (χ1v) is 4.29. The van der Waals surface area contributed by atoms with Crippen molar-refractivity contribution < 1.29 is 4.84 Å². The van der Waals surface area contributed by atoms with Crippen LogP contribution < -0.4 is 5.32 Å². The Kier molecular flexibility index (Phi) is 2.27. The minimum absolute atomic E-state index is 0.336. The number of oxime groups is 1. The van der Waals surface area contributed by atoms with Crippen molar-refractivity contribution in [1.29, 1.82) is 0 Å². The summed E-state index contributed by atoms with van der Waals surface area (Å²) in [6.07, 6.45) is 1.79. The van der Waals surface area contributed by atoms with Gasteiger partial charge in [0.15, 0.2) is 0 Å². The maximum atomic E-state index is 4.61. The molecule has 1 aromatic carbocycles. The summed E-state index contributed by atoms with van der Waals surface area (Å²) in [6.45, 7) is 0. The highest BCUT2D eigenvalue weighted by molar-refractivity contribution is 5.70. The van der Waals surface area contributed by atoms with Crippen molar-refractivity contribution in [3.63, 3.8) is 0 Å². The Morgan fingerprint density at radius 2 is 2.15 bits per heavy atom. The molecule has 0 aliphatic carbocycles. The third-order valence-corrected chi connectivity index (χ3v) is 2.11. The van der Waals surface area contributed by atoms with Gasteiger partial charge < -0.3 is 4.84 Å². The average Bonchev–Trinajstić information content (AvgIpc) is 2.95. The van der Waals surface area contributed by atoms with E-state index in [9.17, 15) is 0 Å². The minimum Gasteiger partial charge on any atom is -0.399 e. The fourth-order valence-corrected chi connectivity index (χ4v) is 1.37. The molecule has 2 atom stereocenters. The van der Waals surface area contributed by atoms with Gasteiger partial charge in [-0.25, -0.2) is 0 Å². The van der Waals surface area contributed by atoms with Crippen LogP contribution in [0.2, 0.25) is 0 Å². The third kappa shape index (κ3) is 1.87. The van der Waals surface area contributed by atoms with Crippen molar-refractivity contribution in [3.05, 3.63) is 35.9 Å². The van der Waals surface area contributed by atoms with Crippen molar-refractivity contribution in [2.75, 3.05) is 7.11 Å². The monoisotopic (exact) mass is 176 g/mol. The standard InChI is InChI=1S/C10H12N2O/c1-13-11-7-9-10(12-9)8-5-3-2-4-6-8/h2-7,9-10,12H,1H3/b11-7+/t9-,10-/m1/s1. The molecule has 0 radical (unpaired) electrons. The van der Waals surface area contributed by atoms with Gasteiger partial charge >= 0.3 is 0 Å². The topological polar surface area (TPSA) is 43.5 Å². The Bertz CT molecular complexity index is 297. The highest BCUT2D eigenvalue weighted by Gasteiger charge is 2.35. The molecule has 1 saturated heterocycles. The summed E-state index contributed by atoms with van der Waals surface area (Å²) < 4.78 is 0. The minimum atomic E-state index is 0.336. The van der Waals surface area contributed by atoms with Gasteiger partial charge in [0.2, 0.25) is 0 Å². The number of benzene rings is 1. The van der Waals surface area contributed by atoms with Crippen molar-refractivity contribution in [3.8, 4) is 0 Å². The molecule has 3 nitrogen and oxygen atoms in total. The summed E-state index contributed by atoms with van der Waals surface area (Å²) in [5, 5.41) is 7.01. The molecule has 0 aromatic heterocycles. The predicted octanol–water partition coefficient (Wildman–Crippen LogP) is 1.33. The molecule has 1 heterocycles. The molecule has 1 aromatic rings.